The summed E-state index contributed by atoms with van der Waals surface area (Å²) in [5.41, 5.74) is 0. The number of anilines is 1. The molecule has 16 heavy (non-hydrogen) atoms. The van der Waals surface area contributed by atoms with Crippen molar-refractivity contribution in [2.24, 2.45) is 0 Å². The van der Waals surface area contributed by atoms with E-state index in [0.717, 1.165) is 18.3 Å². The summed E-state index contributed by atoms with van der Waals surface area (Å²) in [4.78, 5) is 10.3. The van der Waals surface area contributed by atoms with Gasteiger partial charge in [-0.25, -0.2) is 14.4 Å². The van der Waals surface area contributed by atoms with Crippen LogP contribution in [0.5, 0.6) is 0 Å². The molecule has 0 aliphatic heterocycles. The van der Waals surface area contributed by atoms with Crippen LogP contribution in [0.15, 0.2) is 12.4 Å². The number of halogens is 2. The Kier molecular flexibility index (Phi) is 4.09. The monoisotopic (exact) mass is 287 g/mol. The van der Waals surface area contributed by atoms with Gasteiger partial charge >= 0.3 is 0 Å². The van der Waals surface area contributed by atoms with E-state index in [2.05, 4.69) is 30.8 Å². The Morgan fingerprint density at radius 2 is 2.06 bits per heavy atom. The van der Waals surface area contributed by atoms with Crippen LogP contribution in [0.2, 0.25) is 0 Å². The fraction of sp³-hybridized carbons (Fsp3) is 0.636. The molecule has 0 spiro atoms. The number of hydrogen-bond donors (Lipinski definition) is 0. The molecule has 0 unspecified atom stereocenters. The van der Waals surface area contributed by atoms with E-state index in [-0.39, 0.29) is 5.82 Å². The van der Waals surface area contributed by atoms with E-state index < -0.39 is 0 Å². The maximum Gasteiger partial charge on any atom is 0.225 e. The minimum atomic E-state index is -0.377. The maximum atomic E-state index is 12.7. The summed E-state index contributed by atoms with van der Waals surface area (Å²) in [5, 5.41) is 0.970. The van der Waals surface area contributed by atoms with Crippen molar-refractivity contribution in [2.45, 2.75) is 31.7 Å². The van der Waals surface area contributed by atoms with Gasteiger partial charge in [-0.2, -0.15) is 0 Å². The highest BCUT2D eigenvalue weighted by Crippen LogP contribution is 2.27. The average molecular weight is 288 g/mol. The van der Waals surface area contributed by atoms with Crippen LogP contribution in [0.4, 0.5) is 10.3 Å². The molecule has 0 saturated heterocycles. The summed E-state index contributed by atoms with van der Waals surface area (Å²) in [6.07, 6.45) is 7.20. The summed E-state index contributed by atoms with van der Waals surface area (Å²) in [6.45, 7) is 0.932. The van der Waals surface area contributed by atoms with Crippen molar-refractivity contribution < 1.29 is 4.39 Å². The molecular weight excluding hydrogens is 273 g/mol. The second kappa shape index (κ2) is 5.57. The van der Waals surface area contributed by atoms with Crippen LogP contribution in [-0.2, 0) is 0 Å². The number of alkyl halides is 1. The van der Waals surface area contributed by atoms with E-state index in [1.165, 1.54) is 31.7 Å². The minimum absolute atomic E-state index is 0.377. The van der Waals surface area contributed by atoms with Crippen LogP contribution in [0.1, 0.15) is 25.7 Å². The highest BCUT2D eigenvalue weighted by molar-refractivity contribution is 9.09. The second-order valence-corrected chi connectivity index (χ2v) is 4.81. The Bertz CT molecular complexity index is 327. The Hall–Kier alpha value is -0.710. The highest BCUT2D eigenvalue weighted by atomic mass is 79.9. The third kappa shape index (κ3) is 2.70. The summed E-state index contributed by atoms with van der Waals surface area (Å²) in [5.74, 6) is 0.282. The molecule has 1 aliphatic rings. The molecule has 5 heteroatoms. The van der Waals surface area contributed by atoms with Gasteiger partial charge in [0.1, 0.15) is 0 Å². The second-order valence-electron chi connectivity index (χ2n) is 4.02. The summed E-state index contributed by atoms with van der Waals surface area (Å²) in [7, 11) is 0. The van der Waals surface area contributed by atoms with E-state index in [1.807, 2.05) is 0 Å². The van der Waals surface area contributed by atoms with Crippen LogP contribution in [0.3, 0.4) is 0 Å². The SMILES string of the molecule is Fc1cnc(N(CCCBr)C2CCC2)nc1. The predicted octanol–water partition coefficient (Wildman–Crippen LogP) is 2.76. The molecule has 0 N–H and O–H groups in total. The summed E-state index contributed by atoms with van der Waals surface area (Å²) >= 11 is 3.42. The van der Waals surface area contributed by atoms with E-state index in [1.54, 1.807) is 0 Å². The lowest BCUT2D eigenvalue weighted by molar-refractivity contribution is 0.381. The molecule has 1 aromatic rings. The van der Waals surface area contributed by atoms with Crippen molar-refractivity contribution in [1.82, 2.24) is 9.97 Å². The Morgan fingerprint density at radius 1 is 1.38 bits per heavy atom. The number of nitrogens with zero attached hydrogens (tertiary/aromatic N) is 3. The lowest BCUT2D eigenvalue weighted by atomic mass is 9.91. The summed E-state index contributed by atoms with van der Waals surface area (Å²) < 4.78 is 12.7. The third-order valence-corrected chi connectivity index (χ3v) is 3.47. The molecule has 1 heterocycles. The molecule has 1 aromatic heterocycles. The topological polar surface area (TPSA) is 29.0 Å². The van der Waals surface area contributed by atoms with Crippen molar-refractivity contribution in [2.75, 3.05) is 16.8 Å². The zero-order valence-corrected chi connectivity index (χ0v) is 10.7. The first-order valence-corrected chi connectivity index (χ1v) is 6.73. The number of aromatic nitrogens is 2. The first kappa shape index (κ1) is 11.8. The van der Waals surface area contributed by atoms with Crippen molar-refractivity contribution in [3.05, 3.63) is 18.2 Å². The Labute approximate surface area is 103 Å². The molecule has 0 amide bonds. The quantitative estimate of drug-likeness (QED) is 0.780. The fourth-order valence-electron chi connectivity index (χ4n) is 1.83. The molecule has 1 aliphatic carbocycles. The molecule has 0 bridgehead atoms. The molecule has 0 radical (unpaired) electrons. The lowest BCUT2D eigenvalue weighted by Crippen LogP contribution is -2.42. The van der Waals surface area contributed by atoms with Gasteiger partial charge in [-0.15, -0.1) is 0 Å². The molecule has 0 aromatic carbocycles. The van der Waals surface area contributed by atoms with Crippen molar-refractivity contribution in [1.29, 1.82) is 0 Å². The minimum Gasteiger partial charge on any atom is -0.338 e. The van der Waals surface area contributed by atoms with Gasteiger partial charge in [0.25, 0.3) is 0 Å². The van der Waals surface area contributed by atoms with Gasteiger partial charge in [-0.05, 0) is 25.7 Å². The standard InChI is InChI=1S/C11H15BrFN3/c12-5-2-6-16(10-3-1-4-10)11-14-7-9(13)8-15-11/h7-8,10H,1-6H2. The Morgan fingerprint density at radius 3 is 2.56 bits per heavy atom. The van der Waals surface area contributed by atoms with Crippen LogP contribution in [-0.4, -0.2) is 27.9 Å². The van der Waals surface area contributed by atoms with E-state index in [4.69, 9.17) is 0 Å². The summed E-state index contributed by atoms with van der Waals surface area (Å²) in [6, 6.07) is 0.546. The average Bonchev–Trinajstić information content (AvgIpc) is 2.23. The van der Waals surface area contributed by atoms with Crippen molar-refractivity contribution in [3.63, 3.8) is 0 Å². The van der Waals surface area contributed by atoms with Gasteiger partial charge in [-0.1, -0.05) is 15.9 Å². The van der Waals surface area contributed by atoms with Crippen LogP contribution in [0, 0.1) is 5.82 Å². The zero-order chi connectivity index (χ0) is 11.4. The molecule has 1 fully saturated rings. The normalized spacial score (nSPS) is 15.9. The third-order valence-electron chi connectivity index (χ3n) is 2.91. The number of rotatable bonds is 5. The van der Waals surface area contributed by atoms with Gasteiger partial charge in [0.05, 0.1) is 12.4 Å². The molecule has 0 atom stereocenters. The smallest absolute Gasteiger partial charge is 0.225 e. The van der Waals surface area contributed by atoms with Gasteiger partial charge in [0.15, 0.2) is 5.82 Å². The molecular formula is C11H15BrFN3. The molecule has 3 nitrogen and oxygen atoms in total. The van der Waals surface area contributed by atoms with Crippen molar-refractivity contribution >= 4 is 21.9 Å². The number of hydrogen-bond acceptors (Lipinski definition) is 3. The van der Waals surface area contributed by atoms with E-state index in [9.17, 15) is 4.39 Å². The van der Waals surface area contributed by atoms with Gasteiger partial charge in [0.2, 0.25) is 5.95 Å². The molecule has 1 saturated carbocycles. The predicted molar refractivity (Wildman–Crippen MR) is 65.4 cm³/mol. The van der Waals surface area contributed by atoms with E-state index in [0.29, 0.717) is 12.0 Å². The van der Waals surface area contributed by atoms with Gasteiger partial charge < -0.3 is 4.90 Å². The molecule has 2 rings (SSSR count). The van der Waals surface area contributed by atoms with Crippen LogP contribution in [0.25, 0.3) is 0 Å². The van der Waals surface area contributed by atoms with Gasteiger partial charge in [-0.3, -0.25) is 0 Å². The fourth-order valence-corrected chi connectivity index (χ4v) is 2.08. The molecule has 88 valence electrons. The van der Waals surface area contributed by atoms with Crippen LogP contribution < -0.4 is 4.90 Å². The first-order chi connectivity index (χ1) is 7.81. The van der Waals surface area contributed by atoms with Crippen molar-refractivity contribution in [3.8, 4) is 0 Å². The lowest BCUT2D eigenvalue weighted by Gasteiger charge is -2.37. The highest BCUT2D eigenvalue weighted by Gasteiger charge is 2.26. The van der Waals surface area contributed by atoms with E-state index >= 15 is 0 Å². The van der Waals surface area contributed by atoms with Gasteiger partial charge in [0, 0.05) is 17.9 Å². The van der Waals surface area contributed by atoms with Crippen LogP contribution >= 0.6 is 15.9 Å². The largest absolute Gasteiger partial charge is 0.338 e. The maximum absolute atomic E-state index is 12.7. The zero-order valence-electron chi connectivity index (χ0n) is 9.07. The Balaban J connectivity index is 2.07. The first-order valence-electron chi connectivity index (χ1n) is 5.61.